The van der Waals surface area contributed by atoms with Gasteiger partial charge in [-0.05, 0) is 12.1 Å². The number of aromatic nitrogens is 1. The molecule has 0 radical (unpaired) electrons. The summed E-state index contributed by atoms with van der Waals surface area (Å²) in [7, 11) is 1.06. The molecule has 0 saturated heterocycles. The molecule has 0 N–H and O–H groups in total. The highest BCUT2D eigenvalue weighted by Crippen LogP contribution is 2.17. The summed E-state index contributed by atoms with van der Waals surface area (Å²) < 4.78 is 41.1. The molecule has 1 aromatic rings. The van der Waals surface area contributed by atoms with E-state index in [1.54, 1.807) is 0 Å². The van der Waals surface area contributed by atoms with E-state index in [4.69, 9.17) is 0 Å². The Labute approximate surface area is 77.5 Å². The summed E-state index contributed by atoms with van der Waals surface area (Å²) in [6.45, 7) is 0. The molecule has 0 fully saturated rings. The zero-order chi connectivity index (χ0) is 10.7. The molecule has 3 nitrogen and oxygen atoms in total. The van der Waals surface area contributed by atoms with Crippen LogP contribution in [-0.2, 0) is 4.74 Å². The molecule has 0 aliphatic heterocycles. The lowest BCUT2D eigenvalue weighted by atomic mass is 10.2. The Morgan fingerprint density at radius 1 is 1.50 bits per heavy atom. The lowest BCUT2D eigenvalue weighted by Crippen LogP contribution is -2.07. The third kappa shape index (κ3) is 2.01. The van der Waals surface area contributed by atoms with Gasteiger partial charge in [0.05, 0.1) is 7.11 Å². The summed E-state index contributed by atoms with van der Waals surface area (Å²) in [6.07, 6.45) is -2.86. The number of carbonyl (C=O) groups is 1. The van der Waals surface area contributed by atoms with Gasteiger partial charge in [0.25, 0.3) is 6.43 Å². The third-order valence-corrected chi connectivity index (χ3v) is 1.50. The second-order valence-electron chi connectivity index (χ2n) is 2.37. The van der Waals surface area contributed by atoms with Gasteiger partial charge in [0.15, 0.2) is 0 Å². The minimum atomic E-state index is -2.86. The molecule has 76 valence electrons. The lowest BCUT2D eigenvalue weighted by Gasteiger charge is -2.02. The molecule has 0 saturated carbocycles. The Kier molecular flexibility index (Phi) is 3.06. The standard InChI is InChI=1S/C8H6F3NO2/c1-14-8(13)4-2-3-5(6(9)10)12-7(4)11/h2-3,6H,1H3. The number of ether oxygens (including phenoxy) is 1. The van der Waals surface area contributed by atoms with Gasteiger partial charge in [-0.3, -0.25) is 0 Å². The summed E-state index contributed by atoms with van der Waals surface area (Å²) in [5.74, 6) is -2.20. The summed E-state index contributed by atoms with van der Waals surface area (Å²) in [5, 5.41) is 0. The number of rotatable bonds is 2. The Bertz CT molecular complexity index is 354. The predicted octanol–water partition coefficient (Wildman–Crippen LogP) is 1.94. The Balaban J connectivity index is 3.07. The molecule has 1 heterocycles. The molecule has 0 bridgehead atoms. The number of pyridine rings is 1. The molecular formula is C8H6F3NO2. The summed E-state index contributed by atoms with van der Waals surface area (Å²) in [4.78, 5) is 13.7. The summed E-state index contributed by atoms with van der Waals surface area (Å²) >= 11 is 0. The molecule has 0 spiro atoms. The minimum Gasteiger partial charge on any atom is -0.465 e. The summed E-state index contributed by atoms with van der Waals surface area (Å²) in [6, 6.07) is 1.79. The van der Waals surface area contributed by atoms with Gasteiger partial charge < -0.3 is 4.74 Å². The van der Waals surface area contributed by atoms with Crippen LogP contribution >= 0.6 is 0 Å². The zero-order valence-electron chi connectivity index (χ0n) is 7.13. The molecule has 0 aliphatic carbocycles. The van der Waals surface area contributed by atoms with Gasteiger partial charge in [0, 0.05) is 0 Å². The molecular weight excluding hydrogens is 199 g/mol. The normalized spacial score (nSPS) is 10.4. The fourth-order valence-corrected chi connectivity index (χ4v) is 0.832. The van der Waals surface area contributed by atoms with Crippen LogP contribution in [0.2, 0.25) is 0 Å². The van der Waals surface area contributed by atoms with E-state index >= 15 is 0 Å². The van der Waals surface area contributed by atoms with Crippen molar-refractivity contribution >= 4 is 5.97 Å². The number of nitrogens with zero attached hydrogens (tertiary/aromatic N) is 1. The van der Waals surface area contributed by atoms with E-state index in [1.165, 1.54) is 0 Å². The summed E-state index contributed by atoms with van der Waals surface area (Å²) in [5.41, 5.74) is -1.17. The quantitative estimate of drug-likeness (QED) is 0.547. The van der Waals surface area contributed by atoms with E-state index in [2.05, 4.69) is 9.72 Å². The fraction of sp³-hybridized carbons (Fsp3) is 0.250. The van der Waals surface area contributed by atoms with Crippen LogP contribution in [0.3, 0.4) is 0 Å². The Hall–Kier alpha value is -1.59. The maximum absolute atomic E-state index is 12.9. The number of alkyl halides is 2. The largest absolute Gasteiger partial charge is 0.465 e. The first-order chi connectivity index (χ1) is 6.56. The highest BCUT2D eigenvalue weighted by Gasteiger charge is 2.17. The zero-order valence-corrected chi connectivity index (χ0v) is 7.13. The van der Waals surface area contributed by atoms with Crippen molar-refractivity contribution in [1.29, 1.82) is 0 Å². The highest BCUT2D eigenvalue weighted by molar-refractivity contribution is 5.89. The van der Waals surface area contributed by atoms with Crippen molar-refractivity contribution < 1.29 is 22.7 Å². The first kappa shape index (κ1) is 10.5. The molecule has 0 amide bonds. The highest BCUT2D eigenvalue weighted by atomic mass is 19.3. The SMILES string of the molecule is COC(=O)c1ccc(C(F)F)nc1F. The van der Waals surface area contributed by atoms with Crippen LogP contribution in [0.5, 0.6) is 0 Å². The average Bonchev–Trinajstić information content (AvgIpc) is 2.16. The maximum Gasteiger partial charge on any atom is 0.342 e. The van der Waals surface area contributed by atoms with Gasteiger partial charge in [-0.25, -0.2) is 18.6 Å². The minimum absolute atomic E-state index is 0.461. The Morgan fingerprint density at radius 3 is 2.57 bits per heavy atom. The smallest absolute Gasteiger partial charge is 0.342 e. The first-order valence-electron chi connectivity index (χ1n) is 3.59. The monoisotopic (exact) mass is 205 g/mol. The number of hydrogen-bond acceptors (Lipinski definition) is 3. The third-order valence-electron chi connectivity index (χ3n) is 1.50. The van der Waals surface area contributed by atoms with E-state index in [1.807, 2.05) is 0 Å². The maximum atomic E-state index is 12.9. The van der Waals surface area contributed by atoms with E-state index < -0.39 is 29.6 Å². The first-order valence-corrected chi connectivity index (χ1v) is 3.59. The van der Waals surface area contributed by atoms with Gasteiger partial charge in [0.2, 0.25) is 5.95 Å². The molecule has 0 aliphatic rings. The van der Waals surface area contributed by atoms with Crippen molar-refractivity contribution in [3.05, 3.63) is 29.3 Å². The molecule has 6 heteroatoms. The van der Waals surface area contributed by atoms with Crippen LogP contribution < -0.4 is 0 Å². The van der Waals surface area contributed by atoms with E-state index in [0.717, 1.165) is 19.2 Å². The molecule has 0 atom stereocenters. The number of methoxy groups -OCH3 is 1. The molecule has 1 aromatic heterocycles. The molecule has 1 rings (SSSR count). The van der Waals surface area contributed by atoms with E-state index in [9.17, 15) is 18.0 Å². The number of hydrogen-bond donors (Lipinski definition) is 0. The average molecular weight is 205 g/mol. The molecule has 0 unspecified atom stereocenters. The predicted molar refractivity (Wildman–Crippen MR) is 40.5 cm³/mol. The second-order valence-corrected chi connectivity index (χ2v) is 2.37. The van der Waals surface area contributed by atoms with E-state index in [-0.39, 0.29) is 0 Å². The van der Waals surface area contributed by atoms with Crippen molar-refractivity contribution in [3.8, 4) is 0 Å². The second kappa shape index (κ2) is 4.08. The molecule has 0 aromatic carbocycles. The van der Waals surface area contributed by atoms with Crippen molar-refractivity contribution in [2.75, 3.05) is 7.11 Å². The van der Waals surface area contributed by atoms with Crippen molar-refractivity contribution in [2.45, 2.75) is 6.43 Å². The van der Waals surface area contributed by atoms with Crippen molar-refractivity contribution in [2.24, 2.45) is 0 Å². The number of esters is 1. The van der Waals surface area contributed by atoms with Crippen LogP contribution in [0.15, 0.2) is 12.1 Å². The van der Waals surface area contributed by atoms with Gasteiger partial charge in [-0.1, -0.05) is 0 Å². The van der Waals surface area contributed by atoms with Crippen LogP contribution in [0.1, 0.15) is 22.5 Å². The molecule has 14 heavy (non-hydrogen) atoms. The van der Waals surface area contributed by atoms with Crippen LogP contribution in [-0.4, -0.2) is 18.1 Å². The fourth-order valence-electron chi connectivity index (χ4n) is 0.832. The van der Waals surface area contributed by atoms with Gasteiger partial charge in [0.1, 0.15) is 11.3 Å². The number of carbonyl (C=O) groups excluding carboxylic acids is 1. The van der Waals surface area contributed by atoms with Crippen LogP contribution in [0.4, 0.5) is 13.2 Å². The van der Waals surface area contributed by atoms with Crippen molar-refractivity contribution in [3.63, 3.8) is 0 Å². The lowest BCUT2D eigenvalue weighted by molar-refractivity contribution is 0.0593. The van der Waals surface area contributed by atoms with Gasteiger partial charge >= 0.3 is 5.97 Å². The van der Waals surface area contributed by atoms with Crippen LogP contribution in [0, 0.1) is 5.95 Å². The van der Waals surface area contributed by atoms with Gasteiger partial charge in [-0.15, -0.1) is 0 Å². The van der Waals surface area contributed by atoms with Crippen LogP contribution in [0.25, 0.3) is 0 Å². The van der Waals surface area contributed by atoms with E-state index in [0.29, 0.717) is 0 Å². The number of halogens is 3. The van der Waals surface area contributed by atoms with Gasteiger partial charge in [-0.2, -0.15) is 4.39 Å². The van der Waals surface area contributed by atoms with Crippen molar-refractivity contribution in [1.82, 2.24) is 4.98 Å². The Morgan fingerprint density at radius 2 is 2.14 bits per heavy atom. The topological polar surface area (TPSA) is 39.2 Å².